The van der Waals surface area contributed by atoms with Gasteiger partial charge in [0.1, 0.15) is 23.6 Å². The molecular formula is C26H27N7O. The monoisotopic (exact) mass is 453 g/mol. The van der Waals surface area contributed by atoms with E-state index in [1.54, 1.807) is 18.1 Å². The van der Waals surface area contributed by atoms with E-state index in [4.69, 9.17) is 9.72 Å². The average Bonchev–Trinajstić information content (AvgIpc) is 3.43. The predicted octanol–water partition coefficient (Wildman–Crippen LogP) is 4.70. The van der Waals surface area contributed by atoms with Crippen molar-refractivity contribution in [1.82, 2.24) is 29.0 Å². The molecule has 0 aliphatic heterocycles. The van der Waals surface area contributed by atoms with Crippen LogP contribution < -0.4 is 10.1 Å². The summed E-state index contributed by atoms with van der Waals surface area (Å²) in [5.74, 6) is 1.40. The number of imidazole rings is 1. The molecule has 2 aromatic carbocycles. The molecule has 8 heteroatoms. The summed E-state index contributed by atoms with van der Waals surface area (Å²) in [5.41, 5.74) is 6.73. The van der Waals surface area contributed by atoms with Crippen LogP contribution in [0.5, 0.6) is 5.75 Å². The smallest absolute Gasteiger partial charge is 0.161 e. The lowest BCUT2D eigenvalue weighted by Crippen LogP contribution is -2.13. The minimum absolute atomic E-state index is 0.698. The zero-order valence-corrected chi connectivity index (χ0v) is 19.7. The molecule has 8 nitrogen and oxygen atoms in total. The molecule has 0 fully saturated rings. The molecular weight excluding hydrogens is 426 g/mol. The molecule has 5 rings (SSSR count). The lowest BCUT2D eigenvalue weighted by atomic mass is 10.1. The Bertz CT molecular complexity index is 1440. The maximum absolute atomic E-state index is 5.64. The number of methoxy groups -OCH3 is 1. The molecule has 0 aliphatic carbocycles. The van der Waals surface area contributed by atoms with Gasteiger partial charge in [-0.1, -0.05) is 30.3 Å². The fourth-order valence-electron chi connectivity index (χ4n) is 4.05. The molecule has 1 N–H and O–H groups in total. The predicted molar refractivity (Wildman–Crippen MR) is 134 cm³/mol. The van der Waals surface area contributed by atoms with E-state index in [1.165, 1.54) is 0 Å². The summed E-state index contributed by atoms with van der Waals surface area (Å²) >= 11 is 0. The molecule has 3 heterocycles. The molecule has 0 atom stereocenters. The summed E-state index contributed by atoms with van der Waals surface area (Å²) in [6, 6.07) is 20.3. The van der Waals surface area contributed by atoms with E-state index >= 15 is 0 Å². The Morgan fingerprint density at radius 3 is 2.56 bits per heavy atom. The number of hydrogen-bond acceptors (Lipinski definition) is 6. The van der Waals surface area contributed by atoms with Gasteiger partial charge in [0.25, 0.3) is 0 Å². The molecule has 0 saturated carbocycles. The number of aryl methyl sites for hydroxylation is 1. The van der Waals surface area contributed by atoms with Crippen molar-refractivity contribution in [2.24, 2.45) is 0 Å². The zero-order chi connectivity index (χ0) is 23.7. The Morgan fingerprint density at radius 1 is 1.03 bits per heavy atom. The summed E-state index contributed by atoms with van der Waals surface area (Å²) in [7, 11) is 5.79. The first-order valence-corrected chi connectivity index (χ1v) is 11.1. The second-order valence-corrected chi connectivity index (χ2v) is 8.37. The quantitative estimate of drug-likeness (QED) is 0.385. The number of anilines is 2. The van der Waals surface area contributed by atoms with Gasteiger partial charge in [-0.3, -0.25) is 0 Å². The first kappa shape index (κ1) is 21.7. The van der Waals surface area contributed by atoms with Gasteiger partial charge in [0.2, 0.25) is 0 Å². The number of hydrogen-bond donors (Lipinski definition) is 1. The highest BCUT2D eigenvalue weighted by molar-refractivity contribution is 5.79. The highest BCUT2D eigenvalue weighted by atomic mass is 16.5. The van der Waals surface area contributed by atoms with E-state index in [-0.39, 0.29) is 0 Å². The van der Waals surface area contributed by atoms with Crippen molar-refractivity contribution in [3.05, 3.63) is 84.7 Å². The number of fused-ring (bicyclic) bond motifs is 1. The number of nitrogens with one attached hydrogen (secondary N) is 1. The van der Waals surface area contributed by atoms with Crippen LogP contribution in [0.2, 0.25) is 0 Å². The Balaban J connectivity index is 1.56. The van der Waals surface area contributed by atoms with Crippen molar-refractivity contribution >= 4 is 17.0 Å². The van der Waals surface area contributed by atoms with Gasteiger partial charge in [-0.25, -0.2) is 14.6 Å². The Morgan fingerprint density at radius 2 is 1.85 bits per heavy atom. The second kappa shape index (κ2) is 8.99. The maximum Gasteiger partial charge on any atom is 0.161 e. The van der Waals surface area contributed by atoms with Crippen LogP contribution >= 0.6 is 0 Å². The summed E-state index contributed by atoms with van der Waals surface area (Å²) in [4.78, 5) is 11.4. The molecule has 172 valence electrons. The first-order valence-electron chi connectivity index (χ1n) is 11.1. The van der Waals surface area contributed by atoms with E-state index in [2.05, 4.69) is 57.1 Å². The Kier molecular flexibility index (Phi) is 5.73. The zero-order valence-electron chi connectivity index (χ0n) is 19.7. The van der Waals surface area contributed by atoms with Gasteiger partial charge in [-0.2, -0.15) is 5.10 Å². The van der Waals surface area contributed by atoms with Gasteiger partial charge in [0, 0.05) is 30.1 Å². The normalized spacial score (nSPS) is 11.3. The van der Waals surface area contributed by atoms with Gasteiger partial charge in [-0.15, -0.1) is 0 Å². The third kappa shape index (κ3) is 4.11. The van der Waals surface area contributed by atoms with Crippen LogP contribution in [0.15, 0.2) is 73.2 Å². The lowest BCUT2D eigenvalue weighted by molar-refractivity contribution is 0.396. The van der Waals surface area contributed by atoms with E-state index in [0.717, 1.165) is 46.2 Å². The molecule has 0 saturated heterocycles. The Hall–Kier alpha value is -4.17. The van der Waals surface area contributed by atoms with Crippen LogP contribution in [-0.4, -0.2) is 50.3 Å². The largest absolute Gasteiger partial charge is 0.494 e. The van der Waals surface area contributed by atoms with Gasteiger partial charge < -0.3 is 19.4 Å². The highest BCUT2D eigenvalue weighted by Crippen LogP contribution is 2.32. The van der Waals surface area contributed by atoms with Crippen LogP contribution in [0, 0.1) is 6.92 Å². The number of benzene rings is 2. The van der Waals surface area contributed by atoms with E-state index in [0.29, 0.717) is 11.6 Å². The van der Waals surface area contributed by atoms with Crippen molar-refractivity contribution in [2.75, 3.05) is 26.5 Å². The average molecular weight is 454 g/mol. The molecule has 0 amide bonds. The summed E-state index contributed by atoms with van der Waals surface area (Å²) in [5, 5.41) is 7.93. The third-order valence-electron chi connectivity index (χ3n) is 5.57. The summed E-state index contributed by atoms with van der Waals surface area (Å²) in [6.45, 7) is 2.63. The standard InChI is InChI=1S/C26H27N7O/c1-18-27-17-33(30-18)22-13-12-20(15-24(22)34-4)28-21-11-8-14-32-23(16-31(2)3)25(29-26(21)32)19-9-6-5-7-10-19/h5-15,17,28H,16H2,1-4H3. The van der Waals surface area contributed by atoms with Crippen molar-refractivity contribution in [3.8, 4) is 22.7 Å². The third-order valence-corrected chi connectivity index (χ3v) is 5.57. The van der Waals surface area contributed by atoms with Crippen molar-refractivity contribution in [3.63, 3.8) is 0 Å². The molecule has 5 aromatic rings. The summed E-state index contributed by atoms with van der Waals surface area (Å²) in [6.07, 6.45) is 3.75. The molecule has 34 heavy (non-hydrogen) atoms. The van der Waals surface area contributed by atoms with Gasteiger partial charge in [0.15, 0.2) is 5.65 Å². The molecule has 3 aromatic heterocycles. The van der Waals surface area contributed by atoms with Gasteiger partial charge in [0.05, 0.1) is 24.2 Å². The van der Waals surface area contributed by atoms with Crippen molar-refractivity contribution in [2.45, 2.75) is 13.5 Å². The van der Waals surface area contributed by atoms with Crippen LogP contribution in [0.3, 0.4) is 0 Å². The van der Waals surface area contributed by atoms with Crippen LogP contribution in [-0.2, 0) is 6.54 Å². The molecule has 0 radical (unpaired) electrons. The topological polar surface area (TPSA) is 72.5 Å². The number of pyridine rings is 1. The van der Waals surface area contributed by atoms with Crippen molar-refractivity contribution < 1.29 is 4.74 Å². The number of ether oxygens (including phenoxy) is 1. The fraction of sp³-hybridized carbons (Fsp3) is 0.192. The van der Waals surface area contributed by atoms with E-state index < -0.39 is 0 Å². The highest BCUT2D eigenvalue weighted by Gasteiger charge is 2.17. The first-order chi connectivity index (χ1) is 16.5. The molecule has 0 unspecified atom stereocenters. The fourth-order valence-corrected chi connectivity index (χ4v) is 4.05. The van der Waals surface area contributed by atoms with Gasteiger partial charge >= 0.3 is 0 Å². The number of rotatable bonds is 7. The second-order valence-electron chi connectivity index (χ2n) is 8.37. The van der Waals surface area contributed by atoms with E-state index in [9.17, 15) is 0 Å². The molecule has 0 aliphatic rings. The Labute approximate surface area is 198 Å². The minimum Gasteiger partial charge on any atom is -0.494 e. The van der Waals surface area contributed by atoms with Crippen LogP contribution in [0.25, 0.3) is 22.6 Å². The summed E-state index contributed by atoms with van der Waals surface area (Å²) < 4.78 is 9.52. The van der Waals surface area contributed by atoms with E-state index in [1.807, 2.05) is 55.5 Å². The molecule has 0 spiro atoms. The maximum atomic E-state index is 5.64. The number of aromatic nitrogens is 5. The molecule has 0 bridgehead atoms. The van der Waals surface area contributed by atoms with Crippen molar-refractivity contribution in [1.29, 1.82) is 0 Å². The number of nitrogens with zero attached hydrogens (tertiary/aromatic N) is 6. The SMILES string of the molecule is COc1cc(Nc2cccn3c(CN(C)C)c(-c4ccccc4)nc23)ccc1-n1cnc(C)n1. The lowest BCUT2D eigenvalue weighted by Gasteiger charge is -2.13. The van der Waals surface area contributed by atoms with Crippen LogP contribution in [0.4, 0.5) is 11.4 Å². The van der Waals surface area contributed by atoms with Crippen LogP contribution in [0.1, 0.15) is 11.5 Å². The van der Waals surface area contributed by atoms with Gasteiger partial charge in [-0.05, 0) is 45.3 Å². The minimum atomic E-state index is 0.698.